The predicted octanol–water partition coefficient (Wildman–Crippen LogP) is 2.53. The fourth-order valence-corrected chi connectivity index (χ4v) is 5.63. The number of pyridine rings is 1. The number of carbonyl (C=O) groups is 2. The average Bonchev–Trinajstić information content (AvgIpc) is 3.51. The lowest BCUT2D eigenvalue weighted by Crippen LogP contribution is -2.47. The standard InChI is InChI=1S/C24H25FN4O4/c1-13(30)9-27-6-2-3-14-10-28(12-20(14)27)22-17(8-26)21-16(7-19(22)25)23(31)18(24(32)33)11-29(21)15-4-5-15/h7,11,14-15,20H,2-6,9-10,12H2,1H3,(H,32,33)/t14-,20+/m0/s1. The van der Waals surface area contributed by atoms with E-state index in [9.17, 15) is 24.8 Å². The number of halogens is 1. The normalized spacial score (nSPS) is 22.9. The largest absolute Gasteiger partial charge is 0.477 e. The van der Waals surface area contributed by atoms with Crippen LogP contribution < -0.4 is 10.3 Å². The van der Waals surface area contributed by atoms with Crippen molar-refractivity contribution in [3.63, 3.8) is 0 Å². The summed E-state index contributed by atoms with van der Waals surface area (Å²) in [5.74, 6) is -1.71. The van der Waals surface area contributed by atoms with Crippen molar-refractivity contribution in [1.82, 2.24) is 9.47 Å². The van der Waals surface area contributed by atoms with Gasteiger partial charge in [0.05, 0.1) is 23.1 Å². The van der Waals surface area contributed by atoms with Crippen LogP contribution in [0.1, 0.15) is 54.6 Å². The number of aromatic nitrogens is 1. The summed E-state index contributed by atoms with van der Waals surface area (Å²) in [5.41, 5.74) is -0.653. The summed E-state index contributed by atoms with van der Waals surface area (Å²) in [5, 5.41) is 19.5. The van der Waals surface area contributed by atoms with Gasteiger partial charge in [-0.2, -0.15) is 5.26 Å². The maximum Gasteiger partial charge on any atom is 0.341 e. The van der Waals surface area contributed by atoms with Gasteiger partial charge in [0.1, 0.15) is 28.8 Å². The summed E-state index contributed by atoms with van der Waals surface area (Å²) < 4.78 is 17.2. The summed E-state index contributed by atoms with van der Waals surface area (Å²) >= 11 is 0. The number of ketones is 1. The molecule has 2 atom stereocenters. The molecular formula is C24H25FN4O4. The molecule has 1 saturated carbocycles. The minimum absolute atomic E-state index is 0.0103. The molecule has 0 unspecified atom stereocenters. The molecule has 0 amide bonds. The van der Waals surface area contributed by atoms with Crippen LogP contribution in [0.4, 0.5) is 10.1 Å². The van der Waals surface area contributed by atoms with E-state index in [-0.39, 0.29) is 40.4 Å². The quantitative estimate of drug-likeness (QED) is 0.743. The molecule has 172 valence electrons. The molecule has 0 spiro atoms. The molecule has 0 radical (unpaired) electrons. The Labute approximate surface area is 189 Å². The van der Waals surface area contributed by atoms with Gasteiger partial charge in [0, 0.05) is 31.4 Å². The number of aromatic carboxylic acids is 1. The highest BCUT2D eigenvalue weighted by Crippen LogP contribution is 2.42. The molecule has 1 aromatic carbocycles. The highest BCUT2D eigenvalue weighted by atomic mass is 19.1. The number of piperidine rings is 1. The number of Topliss-reactive ketones (excluding diaryl/α,β-unsaturated/α-hetero) is 1. The van der Waals surface area contributed by atoms with Gasteiger partial charge in [0.2, 0.25) is 5.43 Å². The van der Waals surface area contributed by atoms with Gasteiger partial charge in [-0.1, -0.05) is 0 Å². The minimum Gasteiger partial charge on any atom is -0.477 e. The van der Waals surface area contributed by atoms with Gasteiger partial charge in [-0.15, -0.1) is 0 Å². The zero-order chi connectivity index (χ0) is 23.4. The van der Waals surface area contributed by atoms with Gasteiger partial charge >= 0.3 is 5.97 Å². The van der Waals surface area contributed by atoms with E-state index in [1.54, 1.807) is 11.5 Å². The Kier molecular flexibility index (Phi) is 5.20. The van der Waals surface area contributed by atoms with Gasteiger partial charge in [0.25, 0.3) is 0 Å². The van der Waals surface area contributed by atoms with Crippen LogP contribution in [0.2, 0.25) is 0 Å². The Morgan fingerprint density at radius 1 is 1.27 bits per heavy atom. The number of anilines is 1. The van der Waals surface area contributed by atoms with E-state index >= 15 is 4.39 Å². The fraction of sp³-hybridized carbons (Fsp3) is 0.500. The summed E-state index contributed by atoms with van der Waals surface area (Å²) in [6.45, 7) is 3.81. The van der Waals surface area contributed by atoms with Gasteiger partial charge in [0.15, 0.2) is 0 Å². The Morgan fingerprint density at radius 2 is 2.03 bits per heavy atom. The highest BCUT2D eigenvalue weighted by molar-refractivity contribution is 5.96. The molecule has 8 nitrogen and oxygen atoms in total. The maximum atomic E-state index is 15.5. The van der Waals surface area contributed by atoms with Crippen molar-refractivity contribution in [2.45, 2.75) is 44.7 Å². The van der Waals surface area contributed by atoms with Crippen molar-refractivity contribution < 1.29 is 19.1 Å². The Balaban J connectivity index is 1.65. The molecule has 3 heterocycles. The number of carbonyl (C=O) groups excluding carboxylic acids is 1. The summed E-state index contributed by atoms with van der Waals surface area (Å²) in [4.78, 5) is 40.2. The van der Waals surface area contributed by atoms with Crippen LogP contribution in [0.15, 0.2) is 17.1 Å². The van der Waals surface area contributed by atoms with Crippen LogP contribution in [0.3, 0.4) is 0 Å². The zero-order valence-electron chi connectivity index (χ0n) is 18.4. The van der Waals surface area contributed by atoms with Crippen LogP contribution in [0.25, 0.3) is 10.9 Å². The monoisotopic (exact) mass is 452 g/mol. The minimum atomic E-state index is -1.37. The zero-order valence-corrected chi connectivity index (χ0v) is 18.4. The fourth-order valence-electron chi connectivity index (χ4n) is 5.63. The molecule has 3 fully saturated rings. The van der Waals surface area contributed by atoms with E-state index in [0.717, 1.165) is 38.3 Å². The molecular weight excluding hydrogens is 427 g/mol. The number of benzene rings is 1. The molecule has 2 aromatic rings. The molecule has 1 aromatic heterocycles. The highest BCUT2D eigenvalue weighted by Gasteiger charge is 2.41. The summed E-state index contributed by atoms with van der Waals surface area (Å²) in [6.07, 6.45) is 4.85. The smallest absolute Gasteiger partial charge is 0.341 e. The van der Waals surface area contributed by atoms with Crippen molar-refractivity contribution in [2.75, 3.05) is 31.1 Å². The second-order valence-electron chi connectivity index (χ2n) is 9.45. The molecule has 2 saturated heterocycles. The number of hydrogen-bond acceptors (Lipinski definition) is 6. The van der Waals surface area contributed by atoms with E-state index < -0.39 is 22.8 Å². The lowest BCUT2D eigenvalue weighted by molar-refractivity contribution is -0.119. The van der Waals surface area contributed by atoms with E-state index in [0.29, 0.717) is 25.2 Å². The molecule has 0 bridgehead atoms. The van der Waals surface area contributed by atoms with Gasteiger partial charge in [-0.3, -0.25) is 14.5 Å². The van der Waals surface area contributed by atoms with Crippen molar-refractivity contribution >= 4 is 28.3 Å². The number of hydrogen-bond donors (Lipinski definition) is 1. The third-order valence-electron chi connectivity index (χ3n) is 7.16. The first-order valence-electron chi connectivity index (χ1n) is 11.3. The third-order valence-corrected chi connectivity index (χ3v) is 7.16. The number of carboxylic acids is 1. The van der Waals surface area contributed by atoms with E-state index in [4.69, 9.17) is 0 Å². The van der Waals surface area contributed by atoms with Crippen molar-refractivity contribution in [1.29, 1.82) is 5.26 Å². The first-order chi connectivity index (χ1) is 15.8. The van der Waals surface area contributed by atoms with Gasteiger partial charge in [-0.25, -0.2) is 9.18 Å². The molecule has 1 N–H and O–H groups in total. The molecule has 9 heteroatoms. The lowest BCUT2D eigenvalue weighted by atomic mass is 9.92. The van der Waals surface area contributed by atoms with Crippen LogP contribution in [-0.4, -0.2) is 58.5 Å². The van der Waals surface area contributed by atoms with E-state index in [1.165, 1.54) is 6.20 Å². The second-order valence-corrected chi connectivity index (χ2v) is 9.45. The van der Waals surface area contributed by atoms with Crippen LogP contribution in [-0.2, 0) is 4.79 Å². The Morgan fingerprint density at radius 3 is 2.67 bits per heavy atom. The second kappa shape index (κ2) is 7.96. The van der Waals surface area contributed by atoms with E-state index in [1.807, 2.05) is 4.90 Å². The first kappa shape index (κ1) is 21.6. The van der Waals surface area contributed by atoms with Crippen LogP contribution in [0.5, 0.6) is 0 Å². The number of likely N-dealkylation sites (tertiary alicyclic amines) is 1. The number of nitrogens with zero attached hydrogens (tertiary/aromatic N) is 4. The summed E-state index contributed by atoms with van der Waals surface area (Å²) in [6, 6.07) is 3.31. The maximum absolute atomic E-state index is 15.5. The van der Waals surface area contributed by atoms with E-state index in [2.05, 4.69) is 11.0 Å². The van der Waals surface area contributed by atoms with Crippen molar-refractivity contribution in [3.05, 3.63) is 39.4 Å². The van der Waals surface area contributed by atoms with Crippen LogP contribution in [0, 0.1) is 23.1 Å². The average molecular weight is 452 g/mol. The third kappa shape index (κ3) is 3.59. The number of nitriles is 1. The van der Waals surface area contributed by atoms with Crippen molar-refractivity contribution in [2.24, 2.45) is 5.92 Å². The lowest BCUT2D eigenvalue weighted by Gasteiger charge is -2.36. The molecule has 33 heavy (non-hydrogen) atoms. The summed E-state index contributed by atoms with van der Waals surface area (Å²) in [7, 11) is 0. The van der Waals surface area contributed by atoms with Crippen molar-refractivity contribution in [3.8, 4) is 6.07 Å². The number of carboxylic acid groups (broad SMARTS) is 1. The van der Waals surface area contributed by atoms with Gasteiger partial charge < -0.3 is 14.6 Å². The molecule has 2 aliphatic heterocycles. The Bertz CT molecular complexity index is 1280. The van der Waals surface area contributed by atoms with Gasteiger partial charge in [-0.05, 0) is 51.1 Å². The molecule has 5 rings (SSSR count). The first-order valence-corrected chi connectivity index (χ1v) is 11.3. The number of fused-ring (bicyclic) bond motifs is 2. The Hall–Kier alpha value is -3.25. The molecule has 3 aliphatic rings. The predicted molar refractivity (Wildman–Crippen MR) is 119 cm³/mol. The molecule has 1 aliphatic carbocycles. The SMILES string of the molecule is CC(=O)CN1CCC[C@H]2CN(c3c(F)cc4c(=O)c(C(=O)O)cn(C5CC5)c4c3C#N)C[C@H]21. The number of rotatable bonds is 5. The topological polar surface area (TPSA) is 107 Å². The van der Waals surface area contributed by atoms with Crippen LogP contribution >= 0.6 is 0 Å².